The van der Waals surface area contributed by atoms with Gasteiger partial charge in [0.05, 0.1) is 12.7 Å². The molecule has 29 heavy (non-hydrogen) atoms. The molecule has 0 radical (unpaired) electrons. The van der Waals surface area contributed by atoms with Gasteiger partial charge in [-0.3, -0.25) is 4.79 Å². The van der Waals surface area contributed by atoms with E-state index in [1.165, 1.54) is 7.11 Å². The lowest BCUT2D eigenvalue weighted by Gasteiger charge is -2.19. The minimum absolute atomic E-state index is 0.0107. The van der Waals surface area contributed by atoms with Gasteiger partial charge in [-0.2, -0.15) is 13.2 Å². The number of benzene rings is 2. The highest BCUT2D eigenvalue weighted by atomic mass is 19.4. The third-order valence-electron chi connectivity index (χ3n) is 4.41. The minimum Gasteiger partial charge on any atom is -0.467 e. The number of aliphatic hydroxyl groups excluding tert-OH is 1. The zero-order valence-electron chi connectivity index (χ0n) is 15.8. The molecule has 2 aromatic rings. The van der Waals surface area contributed by atoms with Crippen LogP contribution in [0, 0.1) is 0 Å². The number of aryl methyl sites for hydroxylation is 1. The molecule has 0 heterocycles. The van der Waals surface area contributed by atoms with Gasteiger partial charge in [-0.1, -0.05) is 42.5 Å². The van der Waals surface area contributed by atoms with Crippen LogP contribution in [0.15, 0.2) is 54.6 Å². The molecule has 5 nitrogen and oxygen atoms in total. The van der Waals surface area contributed by atoms with Crippen molar-refractivity contribution < 1.29 is 32.6 Å². The summed E-state index contributed by atoms with van der Waals surface area (Å²) in [6.07, 6.45) is -4.67. The van der Waals surface area contributed by atoms with Crippen LogP contribution >= 0.6 is 0 Å². The van der Waals surface area contributed by atoms with Gasteiger partial charge in [0.2, 0.25) is 0 Å². The second-order valence-corrected chi connectivity index (χ2v) is 6.48. The second-order valence-electron chi connectivity index (χ2n) is 6.48. The van der Waals surface area contributed by atoms with E-state index in [0.717, 1.165) is 29.8 Å². The van der Waals surface area contributed by atoms with Crippen molar-refractivity contribution in [3.05, 3.63) is 71.3 Å². The Kier molecular flexibility index (Phi) is 7.78. The Hall–Kier alpha value is -2.87. The molecule has 0 unspecified atom stereocenters. The lowest BCUT2D eigenvalue weighted by molar-refractivity contribution is -0.146. The largest absolute Gasteiger partial charge is 0.467 e. The van der Waals surface area contributed by atoms with Crippen molar-refractivity contribution in [2.45, 2.75) is 37.6 Å². The van der Waals surface area contributed by atoms with E-state index >= 15 is 0 Å². The number of ether oxygens (including phenoxy) is 1. The third kappa shape index (κ3) is 6.60. The highest BCUT2D eigenvalue weighted by Gasteiger charge is 2.31. The molecular formula is C21H22F3NO4. The van der Waals surface area contributed by atoms with Gasteiger partial charge < -0.3 is 15.2 Å². The molecule has 2 atom stereocenters. The summed E-state index contributed by atoms with van der Waals surface area (Å²) in [5.74, 6) is -1.55. The van der Waals surface area contributed by atoms with Gasteiger partial charge in [0, 0.05) is 0 Å². The molecule has 0 spiro atoms. The van der Waals surface area contributed by atoms with Crippen molar-refractivity contribution in [2.24, 2.45) is 0 Å². The number of halogens is 3. The van der Waals surface area contributed by atoms with Crippen LogP contribution in [0.1, 0.15) is 35.6 Å². The molecule has 0 aliphatic carbocycles. The van der Waals surface area contributed by atoms with Gasteiger partial charge >= 0.3 is 12.1 Å². The highest BCUT2D eigenvalue weighted by molar-refractivity contribution is 5.87. The molecular weight excluding hydrogens is 387 g/mol. The molecule has 0 aliphatic heterocycles. The molecule has 0 saturated carbocycles. The van der Waals surface area contributed by atoms with Gasteiger partial charge in [-0.15, -0.1) is 0 Å². The number of alkyl halides is 3. The predicted molar refractivity (Wildman–Crippen MR) is 99.7 cm³/mol. The number of aliphatic hydroxyl groups is 1. The topological polar surface area (TPSA) is 75.6 Å². The van der Waals surface area contributed by atoms with E-state index < -0.39 is 35.8 Å². The van der Waals surface area contributed by atoms with Crippen LogP contribution in [0.2, 0.25) is 0 Å². The maximum absolute atomic E-state index is 12.6. The van der Waals surface area contributed by atoms with Crippen LogP contribution in [0.3, 0.4) is 0 Å². The van der Waals surface area contributed by atoms with E-state index in [-0.39, 0.29) is 12.0 Å². The number of esters is 1. The van der Waals surface area contributed by atoms with Crippen LogP contribution in [0.4, 0.5) is 13.2 Å². The van der Waals surface area contributed by atoms with Crippen molar-refractivity contribution >= 4 is 11.9 Å². The van der Waals surface area contributed by atoms with Crippen molar-refractivity contribution in [1.29, 1.82) is 0 Å². The van der Waals surface area contributed by atoms with Crippen LogP contribution in [0.25, 0.3) is 0 Å². The van der Waals surface area contributed by atoms with E-state index in [4.69, 9.17) is 4.74 Å². The summed E-state index contributed by atoms with van der Waals surface area (Å²) in [4.78, 5) is 24.3. The highest BCUT2D eigenvalue weighted by Crippen LogP contribution is 2.30. The van der Waals surface area contributed by atoms with Crippen LogP contribution in [-0.2, 0) is 26.9 Å². The number of hydrogen-bond acceptors (Lipinski definition) is 4. The maximum Gasteiger partial charge on any atom is 0.416 e. The Balaban J connectivity index is 1.98. The molecule has 2 aromatic carbocycles. The summed E-state index contributed by atoms with van der Waals surface area (Å²) in [5, 5.41) is 12.6. The van der Waals surface area contributed by atoms with Gasteiger partial charge in [0.15, 0.2) is 6.10 Å². The first kappa shape index (κ1) is 22.4. The summed E-state index contributed by atoms with van der Waals surface area (Å²) in [6, 6.07) is 12.2. The second kappa shape index (κ2) is 10.1. The summed E-state index contributed by atoms with van der Waals surface area (Å²) in [7, 11) is 1.19. The number of nitrogens with one attached hydrogen (secondary N) is 1. The average Bonchev–Trinajstić information content (AvgIpc) is 2.72. The Morgan fingerprint density at radius 1 is 1.07 bits per heavy atom. The standard InChI is InChI=1S/C21H22F3NO4/c1-29-20(28)17(9-5-8-14-6-3-2-4-7-14)25-19(27)18(26)15-10-12-16(13-11-15)21(22,23)24/h2-4,6-7,10-13,17-18,26H,5,8-9H2,1H3,(H,25,27)/t17-,18+/m0/s1. The third-order valence-corrected chi connectivity index (χ3v) is 4.41. The molecule has 0 fully saturated rings. The molecule has 2 N–H and O–H groups in total. The zero-order chi connectivity index (χ0) is 21.4. The smallest absolute Gasteiger partial charge is 0.416 e. The van der Waals surface area contributed by atoms with Crippen LogP contribution < -0.4 is 5.32 Å². The van der Waals surface area contributed by atoms with Gasteiger partial charge in [-0.05, 0) is 42.5 Å². The van der Waals surface area contributed by atoms with E-state index in [1.807, 2.05) is 30.3 Å². The number of methoxy groups -OCH3 is 1. The lowest BCUT2D eigenvalue weighted by Crippen LogP contribution is -2.43. The molecule has 0 bridgehead atoms. The lowest BCUT2D eigenvalue weighted by atomic mass is 10.0. The fourth-order valence-corrected chi connectivity index (χ4v) is 2.80. The molecule has 156 valence electrons. The number of rotatable bonds is 8. The molecule has 0 aromatic heterocycles. The normalized spacial score (nSPS) is 13.4. The number of carbonyl (C=O) groups is 2. The Morgan fingerprint density at radius 2 is 1.69 bits per heavy atom. The first-order chi connectivity index (χ1) is 13.7. The van der Waals surface area contributed by atoms with Crippen molar-refractivity contribution in [3.63, 3.8) is 0 Å². The summed E-state index contributed by atoms with van der Waals surface area (Å²) >= 11 is 0. The van der Waals surface area contributed by atoms with E-state index in [9.17, 15) is 27.9 Å². The van der Waals surface area contributed by atoms with Crippen LogP contribution in [0.5, 0.6) is 0 Å². The number of hydrogen-bond donors (Lipinski definition) is 2. The van der Waals surface area contributed by atoms with Gasteiger partial charge in [-0.25, -0.2) is 4.79 Å². The zero-order valence-corrected chi connectivity index (χ0v) is 15.8. The molecule has 8 heteroatoms. The fraction of sp³-hybridized carbons (Fsp3) is 0.333. The van der Waals surface area contributed by atoms with E-state index in [0.29, 0.717) is 12.8 Å². The maximum atomic E-state index is 12.6. The molecule has 0 saturated heterocycles. The molecule has 2 rings (SSSR count). The number of amides is 1. The predicted octanol–water partition coefficient (Wildman–Crippen LogP) is 3.42. The first-order valence-corrected chi connectivity index (χ1v) is 8.99. The monoisotopic (exact) mass is 409 g/mol. The van der Waals surface area contributed by atoms with Crippen molar-refractivity contribution in [1.82, 2.24) is 5.32 Å². The van der Waals surface area contributed by atoms with Gasteiger partial charge in [0.25, 0.3) is 5.91 Å². The van der Waals surface area contributed by atoms with Crippen molar-refractivity contribution in [2.75, 3.05) is 7.11 Å². The Morgan fingerprint density at radius 3 is 2.24 bits per heavy atom. The van der Waals surface area contributed by atoms with E-state index in [1.54, 1.807) is 0 Å². The van der Waals surface area contributed by atoms with Gasteiger partial charge in [0.1, 0.15) is 6.04 Å². The summed E-state index contributed by atoms with van der Waals surface area (Å²) in [6.45, 7) is 0. The Labute approximate surface area is 166 Å². The van der Waals surface area contributed by atoms with Crippen molar-refractivity contribution in [3.8, 4) is 0 Å². The molecule has 0 aliphatic rings. The SMILES string of the molecule is COC(=O)[C@H](CCCc1ccccc1)NC(=O)[C@H](O)c1ccc(C(F)(F)F)cc1. The first-order valence-electron chi connectivity index (χ1n) is 8.99. The molecule has 1 amide bonds. The van der Waals surface area contributed by atoms with E-state index in [2.05, 4.69) is 5.32 Å². The summed E-state index contributed by atoms with van der Waals surface area (Å²) < 4.78 is 42.6. The average molecular weight is 409 g/mol. The fourth-order valence-electron chi connectivity index (χ4n) is 2.80. The number of carbonyl (C=O) groups excluding carboxylic acids is 2. The Bertz CT molecular complexity index is 807. The quantitative estimate of drug-likeness (QED) is 0.655. The van der Waals surface area contributed by atoms with Crippen LogP contribution in [-0.4, -0.2) is 30.1 Å². The summed E-state index contributed by atoms with van der Waals surface area (Å²) in [5.41, 5.74) is 0.179. The minimum atomic E-state index is -4.51.